The Kier molecular flexibility index (Phi) is 2.74. The molecule has 1 heterocycles. The lowest BCUT2D eigenvalue weighted by Crippen LogP contribution is -2.57. The number of aromatic hydroxyl groups is 1. The molecule has 1 saturated heterocycles. The second-order valence-electron chi connectivity index (χ2n) is 7.55. The van der Waals surface area contributed by atoms with Crippen molar-refractivity contribution >= 4 is 5.78 Å². The number of carbonyl (C=O) groups excluding carboxylic acids is 1. The lowest BCUT2D eigenvalue weighted by atomic mass is 9.52. The maximum Gasteiger partial charge on any atom is 0.140 e. The van der Waals surface area contributed by atoms with E-state index in [2.05, 4.69) is 18.9 Å². The molecule has 1 aromatic carbocycles. The highest BCUT2D eigenvalue weighted by molar-refractivity contribution is 5.88. The molecular weight excluding hydrogens is 262 g/mol. The molecule has 2 fully saturated rings. The Hall–Kier alpha value is -1.35. The normalized spacial score (nSPS) is 38.8. The SMILES string of the molecule is C[C@@H]1C[C@@H]2CC(=O)[C@@H]3C[C@]2(Cc2cc(O)ccc23)CN1C. The van der Waals surface area contributed by atoms with Gasteiger partial charge in [0, 0.05) is 24.9 Å². The fourth-order valence-corrected chi connectivity index (χ4v) is 5.08. The summed E-state index contributed by atoms with van der Waals surface area (Å²) in [6, 6.07) is 6.15. The van der Waals surface area contributed by atoms with Gasteiger partial charge in [-0.05, 0) is 67.8 Å². The minimum atomic E-state index is 0.0624. The molecule has 4 rings (SSSR count). The minimum Gasteiger partial charge on any atom is -0.508 e. The molecule has 2 aliphatic carbocycles. The number of hydrogen-bond donors (Lipinski definition) is 1. The number of phenolic OH excluding ortho intramolecular Hbond substituents is 1. The number of benzene rings is 1. The molecule has 3 heteroatoms. The van der Waals surface area contributed by atoms with Crippen LogP contribution >= 0.6 is 0 Å². The third-order valence-electron chi connectivity index (χ3n) is 6.30. The van der Waals surface area contributed by atoms with Crippen LogP contribution in [0.5, 0.6) is 5.75 Å². The summed E-state index contributed by atoms with van der Waals surface area (Å²) in [4.78, 5) is 15.1. The molecular formula is C18H23NO2. The van der Waals surface area contributed by atoms with Crippen molar-refractivity contribution in [3.8, 4) is 5.75 Å². The van der Waals surface area contributed by atoms with Crippen molar-refractivity contribution in [3.05, 3.63) is 29.3 Å². The number of rotatable bonds is 0. The van der Waals surface area contributed by atoms with Crippen LogP contribution in [0, 0.1) is 11.3 Å². The predicted molar refractivity (Wildman–Crippen MR) is 81.4 cm³/mol. The van der Waals surface area contributed by atoms with Gasteiger partial charge in [-0.15, -0.1) is 0 Å². The Balaban J connectivity index is 1.81. The predicted octanol–water partition coefficient (Wildman–Crippen LogP) is 2.72. The molecule has 3 aliphatic rings. The minimum absolute atomic E-state index is 0.0624. The lowest BCUT2D eigenvalue weighted by molar-refractivity contribution is -0.132. The van der Waals surface area contributed by atoms with E-state index >= 15 is 0 Å². The number of nitrogens with zero attached hydrogens (tertiary/aromatic N) is 1. The molecule has 0 radical (unpaired) electrons. The number of hydrogen-bond acceptors (Lipinski definition) is 3. The average molecular weight is 285 g/mol. The summed E-state index contributed by atoms with van der Waals surface area (Å²) in [6.45, 7) is 3.35. The van der Waals surface area contributed by atoms with Crippen LogP contribution < -0.4 is 0 Å². The van der Waals surface area contributed by atoms with Crippen LogP contribution in [0.25, 0.3) is 0 Å². The first-order chi connectivity index (χ1) is 9.98. The molecule has 2 bridgehead atoms. The van der Waals surface area contributed by atoms with Gasteiger partial charge in [0.2, 0.25) is 0 Å². The summed E-state index contributed by atoms with van der Waals surface area (Å²) in [7, 11) is 2.21. The standard InChI is InChI=1S/C18H23NO2/c1-11-5-13-7-17(21)16-9-18(13,10-19(11)2)8-12-6-14(20)3-4-15(12)16/h3-4,6,11,13,16,20H,5,7-10H2,1-2H3/t11-,13-,16-,18-/m1/s1. The fraction of sp³-hybridized carbons (Fsp3) is 0.611. The van der Waals surface area contributed by atoms with Gasteiger partial charge in [-0.25, -0.2) is 0 Å². The summed E-state index contributed by atoms with van der Waals surface area (Å²) in [5.74, 6) is 1.32. The second-order valence-corrected chi connectivity index (χ2v) is 7.55. The van der Waals surface area contributed by atoms with Crippen molar-refractivity contribution < 1.29 is 9.90 Å². The molecule has 0 aromatic heterocycles. The Morgan fingerprint density at radius 1 is 1.38 bits per heavy atom. The summed E-state index contributed by atoms with van der Waals surface area (Å²) < 4.78 is 0. The van der Waals surface area contributed by atoms with Crippen molar-refractivity contribution in [1.82, 2.24) is 4.90 Å². The molecule has 1 spiro atoms. The zero-order valence-corrected chi connectivity index (χ0v) is 12.8. The van der Waals surface area contributed by atoms with E-state index in [-0.39, 0.29) is 11.3 Å². The Labute approximate surface area is 126 Å². The van der Waals surface area contributed by atoms with E-state index in [1.165, 1.54) is 11.1 Å². The topological polar surface area (TPSA) is 40.5 Å². The Bertz CT molecular complexity index is 611. The molecule has 1 aromatic rings. The van der Waals surface area contributed by atoms with Gasteiger partial charge in [-0.2, -0.15) is 0 Å². The number of carbonyl (C=O) groups is 1. The number of fused-ring (bicyclic) bond motifs is 3. The first-order valence-corrected chi connectivity index (χ1v) is 8.03. The molecule has 4 atom stereocenters. The van der Waals surface area contributed by atoms with Gasteiger partial charge < -0.3 is 10.0 Å². The van der Waals surface area contributed by atoms with Crippen LogP contribution in [-0.2, 0) is 11.2 Å². The van der Waals surface area contributed by atoms with E-state index in [0.717, 1.165) is 32.2 Å². The summed E-state index contributed by atoms with van der Waals surface area (Å²) in [5.41, 5.74) is 2.61. The molecule has 1 aliphatic heterocycles. The number of likely N-dealkylation sites (tertiary alicyclic amines) is 1. The zero-order chi connectivity index (χ0) is 14.8. The molecule has 0 unspecified atom stereocenters. The second kappa shape index (κ2) is 4.33. The van der Waals surface area contributed by atoms with E-state index < -0.39 is 0 Å². The maximum atomic E-state index is 12.6. The van der Waals surface area contributed by atoms with Gasteiger partial charge in [-0.1, -0.05) is 6.07 Å². The molecule has 3 nitrogen and oxygen atoms in total. The first-order valence-electron chi connectivity index (χ1n) is 8.03. The lowest BCUT2D eigenvalue weighted by Gasteiger charge is -2.56. The number of ketones is 1. The van der Waals surface area contributed by atoms with E-state index in [0.29, 0.717) is 23.5 Å². The first kappa shape index (κ1) is 13.3. The van der Waals surface area contributed by atoms with Crippen LogP contribution in [0.15, 0.2) is 18.2 Å². The summed E-state index contributed by atoms with van der Waals surface area (Å²) in [6.07, 6.45) is 3.90. The van der Waals surface area contributed by atoms with Crippen molar-refractivity contribution in [2.24, 2.45) is 11.3 Å². The maximum absolute atomic E-state index is 12.6. The van der Waals surface area contributed by atoms with Gasteiger partial charge in [-0.3, -0.25) is 4.79 Å². The van der Waals surface area contributed by atoms with Gasteiger partial charge in [0.15, 0.2) is 0 Å². The summed E-state index contributed by atoms with van der Waals surface area (Å²) in [5, 5.41) is 9.81. The quantitative estimate of drug-likeness (QED) is 0.797. The van der Waals surface area contributed by atoms with Gasteiger partial charge >= 0.3 is 0 Å². The van der Waals surface area contributed by atoms with Crippen LogP contribution in [-0.4, -0.2) is 35.4 Å². The largest absolute Gasteiger partial charge is 0.508 e. The third kappa shape index (κ3) is 1.87. The van der Waals surface area contributed by atoms with Crippen LogP contribution in [0.3, 0.4) is 0 Å². The third-order valence-corrected chi connectivity index (χ3v) is 6.30. The van der Waals surface area contributed by atoms with Crippen LogP contribution in [0.4, 0.5) is 0 Å². The molecule has 1 saturated carbocycles. The monoisotopic (exact) mass is 285 g/mol. The zero-order valence-electron chi connectivity index (χ0n) is 12.8. The number of piperidine rings is 1. The van der Waals surface area contributed by atoms with Crippen molar-refractivity contribution in [2.75, 3.05) is 13.6 Å². The average Bonchev–Trinajstić information content (AvgIpc) is 2.42. The summed E-state index contributed by atoms with van der Waals surface area (Å²) >= 11 is 0. The highest BCUT2D eigenvalue weighted by Gasteiger charge is 2.53. The highest BCUT2D eigenvalue weighted by atomic mass is 16.3. The molecule has 21 heavy (non-hydrogen) atoms. The Morgan fingerprint density at radius 3 is 3.00 bits per heavy atom. The van der Waals surface area contributed by atoms with Crippen LogP contribution in [0.1, 0.15) is 43.2 Å². The van der Waals surface area contributed by atoms with E-state index in [9.17, 15) is 9.90 Å². The molecule has 1 N–H and O–H groups in total. The smallest absolute Gasteiger partial charge is 0.140 e. The van der Waals surface area contributed by atoms with Gasteiger partial charge in [0.1, 0.15) is 11.5 Å². The van der Waals surface area contributed by atoms with Gasteiger partial charge in [0.25, 0.3) is 0 Å². The van der Waals surface area contributed by atoms with Crippen LogP contribution in [0.2, 0.25) is 0 Å². The van der Waals surface area contributed by atoms with E-state index in [4.69, 9.17) is 0 Å². The van der Waals surface area contributed by atoms with E-state index in [1.807, 2.05) is 12.1 Å². The Morgan fingerprint density at radius 2 is 2.19 bits per heavy atom. The fourth-order valence-electron chi connectivity index (χ4n) is 5.08. The van der Waals surface area contributed by atoms with E-state index in [1.54, 1.807) is 6.07 Å². The van der Waals surface area contributed by atoms with Gasteiger partial charge in [0.05, 0.1) is 0 Å². The number of Topliss-reactive ketones (excluding diaryl/α,β-unsaturated/α-hetero) is 1. The number of phenols is 1. The van der Waals surface area contributed by atoms with Crippen molar-refractivity contribution in [1.29, 1.82) is 0 Å². The van der Waals surface area contributed by atoms with Crippen molar-refractivity contribution in [3.63, 3.8) is 0 Å². The molecule has 0 amide bonds. The highest BCUT2D eigenvalue weighted by Crippen LogP contribution is 2.56. The van der Waals surface area contributed by atoms with Crippen molar-refractivity contribution in [2.45, 2.75) is 44.6 Å². The molecule has 112 valence electrons.